The molecule has 0 spiro atoms. The molecule has 0 saturated carbocycles. The third kappa shape index (κ3) is 4.28. The van der Waals surface area contributed by atoms with Gasteiger partial charge in [-0.25, -0.2) is 4.79 Å². The number of aryl methyl sites for hydroxylation is 1. The van der Waals surface area contributed by atoms with Crippen molar-refractivity contribution in [2.45, 2.75) is 32.4 Å². The highest BCUT2D eigenvalue weighted by molar-refractivity contribution is 7.10. The minimum atomic E-state index is -0.309. The molecule has 1 atom stereocenters. The third-order valence-corrected chi connectivity index (χ3v) is 5.73. The maximum Gasteiger partial charge on any atom is 0.330 e. The largest absolute Gasteiger partial charge is 0.330 e. The molecule has 6 heteroatoms. The van der Waals surface area contributed by atoms with E-state index in [1.54, 1.807) is 18.4 Å². The van der Waals surface area contributed by atoms with Gasteiger partial charge in [-0.1, -0.05) is 43.7 Å². The van der Waals surface area contributed by atoms with Crippen LogP contribution in [0.5, 0.6) is 0 Å². The zero-order chi connectivity index (χ0) is 19.4. The lowest BCUT2D eigenvalue weighted by Crippen LogP contribution is -2.39. The predicted molar refractivity (Wildman–Crippen MR) is 110 cm³/mol. The van der Waals surface area contributed by atoms with Gasteiger partial charge in [0.2, 0.25) is 0 Å². The number of hydrogen-bond acceptors (Lipinski definition) is 4. The minimum Gasteiger partial charge on any atom is -0.300 e. The Bertz CT molecular complexity index is 1000. The van der Waals surface area contributed by atoms with Gasteiger partial charge in [-0.15, -0.1) is 11.3 Å². The van der Waals surface area contributed by atoms with E-state index in [2.05, 4.69) is 48.0 Å². The van der Waals surface area contributed by atoms with E-state index in [1.165, 1.54) is 33.7 Å². The van der Waals surface area contributed by atoms with Gasteiger partial charge in [0.15, 0.2) is 0 Å². The van der Waals surface area contributed by atoms with Crippen LogP contribution in [0.25, 0.3) is 0 Å². The van der Waals surface area contributed by atoms with Gasteiger partial charge in [-0.2, -0.15) is 0 Å². The molecule has 2 aromatic heterocycles. The number of thiophene rings is 1. The molecule has 2 heterocycles. The fraction of sp³-hybridized carbons (Fsp3) is 0.333. The lowest BCUT2D eigenvalue weighted by Gasteiger charge is -2.19. The van der Waals surface area contributed by atoms with Crippen molar-refractivity contribution in [3.63, 3.8) is 0 Å². The van der Waals surface area contributed by atoms with Gasteiger partial charge in [0, 0.05) is 37.3 Å². The maximum atomic E-state index is 12.2. The summed E-state index contributed by atoms with van der Waals surface area (Å²) < 4.78 is 2.64. The molecule has 0 aliphatic rings. The van der Waals surface area contributed by atoms with Crippen LogP contribution < -0.4 is 16.6 Å². The summed E-state index contributed by atoms with van der Waals surface area (Å²) in [5.74, 6) is 0. The van der Waals surface area contributed by atoms with Crippen molar-refractivity contribution < 1.29 is 0 Å². The molecule has 0 aliphatic heterocycles. The van der Waals surface area contributed by atoms with Gasteiger partial charge in [-0.3, -0.25) is 19.2 Å². The SMILES string of the molecule is CCCc1ccc([C@@H](NCc2cc(=O)n(C)c(=O)n2C)c2cccs2)cc1. The number of aromatic nitrogens is 2. The monoisotopic (exact) mass is 383 g/mol. The highest BCUT2D eigenvalue weighted by Crippen LogP contribution is 2.26. The van der Waals surface area contributed by atoms with Crippen LogP contribution in [-0.4, -0.2) is 9.13 Å². The number of benzene rings is 1. The van der Waals surface area contributed by atoms with Crippen LogP contribution in [0.2, 0.25) is 0 Å². The summed E-state index contributed by atoms with van der Waals surface area (Å²) >= 11 is 1.69. The first-order valence-electron chi connectivity index (χ1n) is 9.12. The van der Waals surface area contributed by atoms with Crippen LogP contribution >= 0.6 is 11.3 Å². The van der Waals surface area contributed by atoms with Crippen LogP contribution in [0, 0.1) is 0 Å². The van der Waals surface area contributed by atoms with Crippen LogP contribution in [0.4, 0.5) is 0 Å². The van der Waals surface area contributed by atoms with E-state index in [-0.39, 0.29) is 17.3 Å². The van der Waals surface area contributed by atoms with Crippen molar-refractivity contribution in [3.8, 4) is 0 Å². The Balaban J connectivity index is 1.88. The van der Waals surface area contributed by atoms with E-state index >= 15 is 0 Å². The van der Waals surface area contributed by atoms with Gasteiger partial charge in [0.1, 0.15) is 0 Å². The standard InChI is InChI=1S/C21H25N3O2S/c1-4-6-15-8-10-16(11-9-15)20(18-7-5-12-27-18)22-14-17-13-19(25)24(3)21(26)23(17)2/h5,7-13,20,22H,4,6,14H2,1-3H3/t20-/m1/s1. The van der Waals surface area contributed by atoms with Crippen LogP contribution in [0.3, 0.4) is 0 Å². The summed E-state index contributed by atoms with van der Waals surface area (Å²) in [7, 11) is 3.19. The summed E-state index contributed by atoms with van der Waals surface area (Å²) in [4.78, 5) is 25.3. The van der Waals surface area contributed by atoms with Gasteiger partial charge in [0.25, 0.3) is 5.56 Å². The Labute approximate surface area is 162 Å². The molecular formula is C21H25N3O2S. The first-order valence-corrected chi connectivity index (χ1v) is 10.0. The molecule has 0 saturated heterocycles. The molecule has 0 radical (unpaired) electrons. The lowest BCUT2D eigenvalue weighted by atomic mass is 10.0. The lowest BCUT2D eigenvalue weighted by molar-refractivity contribution is 0.564. The number of nitrogens with one attached hydrogen (secondary N) is 1. The van der Waals surface area contributed by atoms with Crippen molar-refractivity contribution in [2.75, 3.05) is 0 Å². The molecule has 0 fully saturated rings. The first-order chi connectivity index (χ1) is 13.0. The molecule has 142 valence electrons. The van der Waals surface area contributed by atoms with E-state index in [1.807, 2.05) is 6.07 Å². The highest BCUT2D eigenvalue weighted by Gasteiger charge is 2.16. The van der Waals surface area contributed by atoms with Crippen molar-refractivity contribution in [1.29, 1.82) is 0 Å². The van der Waals surface area contributed by atoms with Gasteiger partial charge in [-0.05, 0) is 29.0 Å². The van der Waals surface area contributed by atoms with Crippen LogP contribution in [0.15, 0.2) is 57.4 Å². The highest BCUT2D eigenvalue weighted by atomic mass is 32.1. The summed E-state index contributed by atoms with van der Waals surface area (Å²) in [5, 5.41) is 5.58. The molecule has 1 N–H and O–H groups in total. The smallest absolute Gasteiger partial charge is 0.300 e. The molecule has 0 amide bonds. The van der Waals surface area contributed by atoms with Gasteiger partial charge >= 0.3 is 5.69 Å². The van der Waals surface area contributed by atoms with Crippen molar-refractivity contribution in [1.82, 2.24) is 14.5 Å². The topological polar surface area (TPSA) is 56.0 Å². The zero-order valence-corrected chi connectivity index (χ0v) is 16.8. The second-order valence-electron chi connectivity index (χ2n) is 6.70. The molecule has 0 aliphatic carbocycles. The third-order valence-electron chi connectivity index (χ3n) is 4.79. The average Bonchev–Trinajstić information content (AvgIpc) is 3.20. The first kappa shape index (κ1) is 19.3. The second-order valence-corrected chi connectivity index (χ2v) is 7.67. The summed E-state index contributed by atoms with van der Waals surface area (Å²) in [6.45, 7) is 2.61. The van der Waals surface area contributed by atoms with E-state index in [0.717, 1.165) is 17.4 Å². The number of nitrogens with zero attached hydrogens (tertiary/aromatic N) is 2. The van der Waals surface area contributed by atoms with Gasteiger partial charge in [0.05, 0.1) is 6.04 Å². The Morgan fingerprint density at radius 3 is 2.44 bits per heavy atom. The van der Waals surface area contributed by atoms with Crippen molar-refractivity contribution in [3.05, 3.63) is 90.4 Å². The molecule has 5 nitrogen and oxygen atoms in total. The minimum absolute atomic E-state index is 0.0137. The Morgan fingerprint density at radius 2 is 1.81 bits per heavy atom. The van der Waals surface area contributed by atoms with E-state index in [9.17, 15) is 9.59 Å². The molecule has 3 rings (SSSR count). The fourth-order valence-corrected chi connectivity index (χ4v) is 3.99. The van der Waals surface area contributed by atoms with Crippen LogP contribution in [-0.2, 0) is 27.1 Å². The summed E-state index contributed by atoms with van der Waals surface area (Å²) in [5.41, 5.74) is 2.58. The molecule has 0 unspecified atom stereocenters. The van der Waals surface area contributed by atoms with E-state index in [4.69, 9.17) is 0 Å². The fourth-order valence-electron chi connectivity index (χ4n) is 3.16. The quantitative estimate of drug-likeness (QED) is 0.682. The summed E-state index contributed by atoms with van der Waals surface area (Å²) in [6.07, 6.45) is 2.20. The normalized spacial score (nSPS) is 12.3. The zero-order valence-electron chi connectivity index (χ0n) is 15.9. The molecule has 27 heavy (non-hydrogen) atoms. The number of hydrogen-bond donors (Lipinski definition) is 1. The molecule has 3 aromatic rings. The average molecular weight is 384 g/mol. The van der Waals surface area contributed by atoms with Crippen molar-refractivity contribution >= 4 is 11.3 Å². The number of rotatable bonds is 7. The second kappa shape index (κ2) is 8.50. The van der Waals surface area contributed by atoms with Gasteiger partial charge < -0.3 is 0 Å². The predicted octanol–water partition coefficient (Wildman–Crippen LogP) is 2.98. The molecule has 0 bridgehead atoms. The Hall–Kier alpha value is -2.44. The van der Waals surface area contributed by atoms with Crippen LogP contribution in [0.1, 0.15) is 41.1 Å². The summed E-state index contributed by atoms with van der Waals surface area (Å²) in [6, 6.07) is 14.3. The van der Waals surface area contributed by atoms with Crippen molar-refractivity contribution in [2.24, 2.45) is 14.1 Å². The van der Waals surface area contributed by atoms with E-state index < -0.39 is 0 Å². The molecule has 1 aromatic carbocycles. The Kier molecular flexibility index (Phi) is 6.08. The Morgan fingerprint density at radius 1 is 1.07 bits per heavy atom. The maximum absolute atomic E-state index is 12.2. The molecular weight excluding hydrogens is 358 g/mol. The van der Waals surface area contributed by atoms with E-state index in [0.29, 0.717) is 12.2 Å².